The zero-order valence-electron chi connectivity index (χ0n) is 6.79. The fourth-order valence-corrected chi connectivity index (χ4v) is 2.25. The summed E-state index contributed by atoms with van der Waals surface area (Å²) in [5, 5.41) is 3.37. The van der Waals surface area contributed by atoms with Crippen LogP contribution >= 0.6 is 9.39 Å². The van der Waals surface area contributed by atoms with E-state index in [1.54, 1.807) is 0 Å². The Kier molecular flexibility index (Phi) is 2.42. The van der Waals surface area contributed by atoms with Crippen molar-refractivity contribution in [2.24, 2.45) is 0 Å². The maximum Gasteiger partial charge on any atom is 0.0357 e. The van der Waals surface area contributed by atoms with Crippen LogP contribution < -0.4 is 5.32 Å². The lowest BCUT2D eigenvalue weighted by atomic mass is 10.1. The molecule has 1 N–H and O–H groups in total. The van der Waals surface area contributed by atoms with Crippen LogP contribution in [0.25, 0.3) is 0 Å². The quantitative estimate of drug-likeness (QED) is 0.532. The van der Waals surface area contributed by atoms with E-state index in [0.717, 1.165) is 6.04 Å². The van der Waals surface area contributed by atoms with Gasteiger partial charge in [0.15, 0.2) is 0 Å². The van der Waals surface area contributed by atoms with Crippen LogP contribution in [0.15, 0.2) is 0 Å². The van der Waals surface area contributed by atoms with Crippen LogP contribution in [0.4, 0.5) is 0 Å². The molecule has 1 atom stereocenters. The van der Waals surface area contributed by atoms with E-state index in [9.17, 15) is 0 Å². The number of nitrogens with zero attached hydrogens (tertiary/aromatic N) is 2. The van der Waals surface area contributed by atoms with E-state index >= 15 is 0 Å². The van der Waals surface area contributed by atoms with Crippen molar-refractivity contribution < 1.29 is 0 Å². The predicted molar refractivity (Wildman–Crippen MR) is 49.5 cm³/mol. The normalized spacial score (nSPS) is 30.3. The van der Waals surface area contributed by atoms with Gasteiger partial charge in [0.2, 0.25) is 0 Å². The SMILES string of the molecule is PN1CC(N2CCNCC2)C1. The maximum absolute atomic E-state index is 3.37. The minimum absolute atomic E-state index is 0.842. The molecular weight excluding hydrogens is 157 g/mol. The van der Waals surface area contributed by atoms with Gasteiger partial charge in [-0.05, 0) is 0 Å². The Bertz CT molecular complexity index is 130. The third-order valence-corrected chi connectivity index (χ3v) is 2.98. The number of hydrogen-bond acceptors (Lipinski definition) is 3. The second kappa shape index (κ2) is 3.36. The summed E-state index contributed by atoms with van der Waals surface area (Å²) in [6, 6.07) is 0.842. The average Bonchev–Trinajstić information content (AvgIpc) is 2.01. The van der Waals surface area contributed by atoms with Gasteiger partial charge in [-0.2, -0.15) is 0 Å². The smallest absolute Gasteiger partial charge is 0.0357 e. The highest BCUT2D eigenvalue weighted by atomic mass is 31.0. The zero-order chi connectivity index (χ0) is 7.68. The van der Waals surface area contributed by atoms with Gasteiger partial charge in [0, 0.05) is 45.3 Å². The molecule has 0 saturated carbocycles. The average molecular weight is 173 g/mol. The lowest BCUT2D eigenvalue weighted by Gasteiger charge is -2.44. The predicted octanol–water partition coefficient (Wildman–Crippen LogP) is -0.634. The summed E-state index contributed by atoms with van der Waals surface area (Å²) >= 11 is 0. The Labute approximate surface area is 70.4 Å². The third kappa shape index (κ3) is 1.73. The monoisotopic (exact) mass is 173 g/mol. The van der Waals surface area contributed by atoms with Crippen molar-refractivity contribution in [3.8, 4) is 0 Å². The Morgan fingerprint density at radius 3 is 2.36 bits per heavy atom. The zero-order valence-corrected chi connectivity index (χ0v) is 7.95. The first-order chi connectivity index (χ1) is 5.36. The van der Waals surface area contributed by atoms with E-state index in [-0.39, 0.29) is 0 Å². The highest BCUT2D eigenvalue weighted by molar-refractivity contribution is 7.13. The van der Waals surface area contributed by atoms with Crippen LogP contribution in [0.3, 0.4) is 0 Å². The molecule has 0 aromatic rings. The summed E-state index contributed by atoms with van der Waals surface area (Å²) in [7, 11) is 2.76. The van der Waals surface area contributed by atoms with Crippen LogP contribution in [0.2, 0.25) is 0 Å². The third-order valence-electron chi connectivity index (χ3n) is 2.56. The molecule has 3 nitrogen and oxygen atoms in total. The van der Waals surface area contributed by atoms with Crippen LogP contribution in [-0.2, 0) is 0 Å². The molecule has 2 heterocycles. The van der Waals surface area contributed by atoms with Crippen molar-refractivity contribution in [3.05, 3.63) is 0 Å². The summed E-state index contributed by atoms with van der Waals surface area (Å²) in [5.74, 6) is 0. The topological polar surface area (TPSA) is 18.5 Å². The number of nitrogens with one attached hydrogen (secondary N) is 1. The summed E-state index contributed by atoms with van der Waals surface area (Å²) in [6.07, 6.45) is 0. The van der Waals surface area contributed by atoms with E-state index < -0.39 is 0 Å². The lowest BCUT2D eigenvalue weighted by molar-refractivity contribution is 0.0829. The van der Waals surface area contributed by atoms with Gasteiger partial charge in [-0.1, -0.05) is 9.39 Å². The van der Waals surface area contributed by atoms with Crippen LogP contribution in [0.5, 0.6) is 0 Å². The van der Waals surface area contributed by atoms with Crippen LogP contribution in [-0.4, -0.2) is 54.9 Å². The van der Waals surface area contributed by atoms with Crippen LogP contribution in [0, 0.1) is 0 Å². The summed E-state index contributed by atoms with van der Waals surface area (Å²) in [4.78, 5) is 2.59. The Morgan fingerprint density at radius 1 is 1.18 bits per heavy atom. The van der Waals surface area contributed by atoms with Crippen molar-refractivity contribution in [2.45, 2.75) is 6.04 Å². The molecule has 1 unspecified atom stereocenters. The molecule has 0 amide bonds. The molecule has 2 fully saturated rings. The summed E-state index contributed by atoms with van der Waals surface area (Å²) in [5.41, 5.74) is 0. The number of hydrogen-bond donors (Lipinski definition) is 1. The minimum Gasteiger partial charge on any atom is -0.314 e. The summed E-state index contributed by atoms with van der Waals surface area (Å²) in [6.45, 7) is 7.31. The van der Waals surface area contributed by atoms with Gasteiger partial charge >= 0.3 is 0 Å². The van der Waals surface area contributed by atoms with E-state index in [1.807, 2.05) is 0 Å². The number of rotatable bonds is 1. The highest BCUT2D eigenvalue weighted by Crippen LogP contribution is 2.18. The van der Waals surface area contributed by atoms with Gasteiger partial charge in [0.1, 0.15) is 0 Å². The van der Waals surface area contributed by atoms with Gasteiger partial charge in [-0.25, -0.2) is 0 Å². The Balaban J connectivity index is 1.76. The first kappa shape index (κ1) is 7.93. The van der Waals surface area contributed by atoms with Crippen molar-refractivity contribution in [3.63, 3.8) is 0 Å². The molecule has 0 aromatic carbocycles. The van der Waals surface area contributed by atoms with Gasteiger partial charge in [0.25, 0.3) is 0 Å². The van der Waals surface area contributed by atoms with Crippen molar-refractivity contribution >= 4 is 9.39 Å². The number of piperazine rings is 1. The molecule has 0 spiro atoms. The fraction of sp³-hybridized carbons (Fsp3) is 1.00. The molecular formula is C7H16N3P. The molecule has 0 aliphatic carbocycles. The summed E-state index contributed by atoms with van der Waals surface area (Å²) < 4.78 is 2.30. The maximum atomic E-state index is 3.37. The molecule has 2 aliphatic heterocycles. The lowest BCUT2D eigenvalue weighted by Crippen LogP contribution is -2.59. The molecule has 0 aromatic heterocycles. The van der Waals surface area contributed by atoms with Gasteiger partial charge in [-0.3, -0.25) is 9.57 Å². The minimum atomic E-state index is 0.842. The second-order valence-corrected chi connectivity index (χ2v) is 4.12. The largest absolute Gasteiger partial charge is 0.314 e. The fourth-order valence-electron chi connectivity index (χ4n) is 1.77. The molecule has 0 radical (unpaired) electrons. The van der Waals surface area contributed by atoms with E-state index in [0.29, 0.717) is 0 Å². The van der Waals surface area contributed by atoms with Crippen molar-refractivity contribution in [2.75, 3.05) is 39.3 Å². The molecule has 64 valence electrons. The van der Waals surface area contributed by atoms with Gasteiger partial charge < -0.3 is 5.32 Å². The van der Waals surface area contributed by atoms with Crippen molar-refractivity contribution in [1.82, 2.24) is 14.9 Å². The Hall–Kier alpha value is 0.310. The second-order valence-electron chi connectivity index (χ2n) is 3.39. The Morgan fingerprint density at radius 2 is 1.82 bits per heavy atom. The standard InChI is InChI=1S/C7H16N3P/c11-10-5-7(6-10)9-3-1-8-2-4-9/h7-8H,1-6,11H2. The van der Waals surface area contributed by atoms with E-state index in [1.165, 1.54) is 39.3 Å². The van der Waals surface area contributed by atoms with Gasteiger partial charge in [-0.15, -0.1) is 0 Å². The molecule has 4 heteroatoms. The van der Waals surface area contributed by atoms with E-state index in [4.69, 9.17) is 0 Å². The molecule has 2 rings (SSSR count). The molecule has 0 bridgehead atoms. The van der Waals surface area contributed by atoms with E-state index in [2.05, 4.69) is 24.3 Å². The molecule has 11 heavy (non-hydrogen) atoms. The molecule has 2 saturated heterocycles. The van der Waals surface area contributed by atoms with Crippen LogP contribution in [0.1, 0.15) is 0 Å². The highest BCUT2D eigenvalue weighted by Gasteiger charge is 2.29. The first-order valence-electron chi connectivity index (χ1n) is 4.30. The first-order valence-corrected chi connectivity index (χ1v) is 4.82. The van der Waals surface area contributed by atoms with Gasteiger partial charge in [0.05, 0.1) is 0 Å². The molecule has 2 aliphatic rings. The van der Waals surface area contributed by atoms with Crippen molar-refractivity contribution in [1.29, 1.82) is 0 Å².